The molecule has 1 aromatic heterocycles. The van der Waals surface area contributed by atoms with Crippen LogP contribution in [0.25, 0.3) is 10.9 Å². The molecule has 0 unspecified atom stereocenters. The zero-order valence-corrected chi connectivity index (χ0v) is 16.2. The number of aromatic nitrogens is 1. The van der Waals surface area contributed by atoms with Crippen molar-refractivity contribution in [1.82, 2.24) is 9.88 Å². The van der Waals surface area contributed by atoms with Crippen LogP contribution in [0.5, 0.6) is 11.5 Å². The number of nitrogens with zero attached hydrogens (tertiary/aromatic N) is 1. The highest BCUT2D eigenvalue weighted by Crippen LogP contribution is 2.32. The van der Waals surface area contributed by atoms with E-state index in [1.807, 2.05) is 36.4 Å². The molecule has 2 heterocycles. The average Bonchev–Trinajstić information content (AvgIpc) is 3.16. The third kappa shape index (κ3) is 3.74. The topological polar surface area (TPSA) is 61.7 Å². The Hall–Kier alpha value is -2.83. The second-order valence-corrected chi connectivity index (χ2v) is 6.97. The fourth-order valence-electron chi connectivity index (χ4n) is 3.49. The van der Waals surface area contributed by atoms with Crippen LogP contribution in [-0.2, 0) is 24.4 Å². The van der Waals surface area contributed by atoms with Crippen LogP contribution in [0, 0.1) is 6.92 Å². The van der Waals surface area contributed by atoms with Crippen LogP contribution in [0.3, 0.4) is 0 Å². The molecule has 0 radical (unpaired) electrons. The quantitative estimate of drug-likeness (QED) is 0.683. The maximum atomic E-state index is 13.0. The van der Waals surface area contributed by atoms with Crippen LogP contribution in [0.4, 0.5) is 0 Å². The highest BCUT2D eigenvalue weighted by atomic mass is 16.7. The summed E-state index contributed by atoms with van der Waals surface area (Å²) in [6, 6.07) is 14.0. The molecule has 0 saturated heterocycles. The standard InChI is InChI=1S/C22H24N2O4/c1-15-3-5-19-17(9-15)11-18(22(25)24(19)7-8-26-2)13-23-12-16-4-6-20-21(10-16)28-14-27-20/h3-6,9-11,23H,7-8,12-14H2,1-2H3. The number of hydrogen-bond donors (Lipinski definition) is 1. The number of hydrogen-bond acceptors (Lipinski definition) is 5. The molecule has 1 aliphatic rings. The number of rotatable bonds is 7. The molecule has 0 saturated carbocycles. The van der Waals surface area contributed by atoms with Gasteiger partial charge in [-0.25, -0.2) is 0 Å². The SMILES string of the molecule is COCCn1c(=O)c(CNCc2ccc3c(c2)OCO3)cc2cc(C)ccc21. The first-order valence-corrected chi connectivity index (χ1v) is 9.37. The van der Waals surface area contributed by atoms with Gasteiger partial charge in [-0.3, -0.25) is 4.79 Å². The predicted octanol–water partition coefficient (Wildman–Crippen LogP) is 2.97. The molecule has 4 rings (SSSR count). The first-order chi connectivity index (χ1) is 13.7. The van der Waals surface area contributed by atoms with Crippen molar-refractivity contribution in [2.45, 2.75) is 26.6 Å². The Labute approximate surface area is 163 Å². The van der Waals surface area contributed by atoms with Gasteiger partial charge in [0.25, 0.3) is 5.56 Å². The summed E-state index contributed by atoms with van der Waals surface area (Å²) in [6.45, 7) is 4.48. The van der Waals surface area contributed by atoms with Gasteiger partial charge in [-0.05, 0) is 48.2 Å². The Bertz CT molecular complexity index is 1060. The number of ether oxygens (including phenoxy) is 3. The minimum Gasteiger partial charge on any atom is -0.454 e. The number of fused-ring (bicyclic) bond motifs is 2. The summed E-state index contributed by atoms with van der Waals surface area (Å²) in [6.07, 6.45) is 0. The zero-order chi connectivity index (χ0) is 19.5. The zero-order valence-electron chi connectivity index (χ0n) is 16.2. The van der Waals surface area contributed by atoms with Crippen LogP contribution < -0.4 is 20.3 Å². The van der Waals surface area contributed by atoms with Crippen LogP contribution in [0.1, 0.15) is 16.7 Å². The fourth-order valence-corrected chi connectivity index (χ4v) is 3.49. The number of pyridine rings is 1. The predicted molar refractivity (Wildman–Crippen MR) is 108 cm³/mol. The lowest BCUT2D eigenvalue weighted by Crippen LogP contribution is -2.28. The number of methoxy groups -OCH3 is 1. The maximum Gasteiger partial charge on any atom is 0.255 e. The second kappa shape index (κ2) is 8.04. The molecule has 1 N–H and O–H groups in total. The van der Waals surface area contributed by atoms with Crippen molar-refractivity contribution < 1.29 is 14.2 Å². The number of nitrogens with one attached hydrogen (secondary N) is 1. The Morgan fingerprint density at radius 2 is 1.93 bits per heavy atom. The molecule has 0 atom stereocenters. The van der Waals surface area contributed by atoms with Gasteiger partial charge >= 0.3 is 0 Å². The van der Waals surface area contributed by atoms with E-state index in [1.165, 1.54) is 5.56 Å². The van der Waals surface area contributed by atoms with Crippen molar-refractivity contribution in [3.05, 3.63) is 69.5 Å². The summed E-state index contributed by atoms with van der Waals surface area (Å²) in [4.78, 5) is 13.0. The van der Waals surface area contributed by atoms with Gasteiger partial charge < -0.3 is 24.1 Å². The Kier molecular flexibility index (Phi) is 5.32. The summed E-state index contributed by atoms with van der Waals surface area (Å²) < 4.78 is 17.8. The average molecular weight is 380 g/mol. The minimum absolute atomic E-state index is 0.0200. The van der Waals surface area contributed by atoms with Crippen LogP contribution in [0.15, 0.2) is 47.3 Å². The largest absolute Gasteiger partial charge is 0.454 e. The number of benzene rings is 2. The summed E-state index contributed by atoms with van der Waals surface area (Å²) >= 11 is 0. The highest BCUT2D eigenvalue weighted by molar-refractivity contribution is 5.80. The van der Waals surface area contributed by atoms with Crippen molar-refractivity contribution in [2.75, 3.05) is 20.5 Å². The summed E-state index contributed by atoms with van der Waals surface area (Å²) in [5, 5.41) is 4.44. The van der Waals surface area contributed by atoms with Gasteiger partial charge in [0.05, 0.1) is 12.1 Å². The minimum atomic E-state index is 0.0200. The van der Waals surface area contributed by atoms with Crippen LogP contribution in [0.2, 0.25) is 0 Å². The van der Waals surface area contributed by atoms with Crippen molar-refractivity contribution in [2.24, 2.45) is 0 Å². The van der Waals surface area contributed by atoms with E-state index in [9.17, 15) is 4.79 Å². The second-order valence-electron chi connectivity index (χ2n) is 6.97. The molecule has 0 spiro atoms. The van der Waals surface area contributed by atoms with Gasteiger partial charge in [-0.2, -0.15) is 0 Å². The summed E-state index contributed by atoms with van der Waals surface area (Å²) in [5.74, 6) is 1.54. The van der Waals surface area contributed by atoms with E-state index in [4.69, 9.17) is 14.2 Å². The molecule has 0 bridgehead atoms. The van der Waals surface area contributed by atoms with E-state index < -0.39 is 0 Å². The molecule has 146 valence electrons. The molecule has 3 aromatic rings. The van der Waals surface area contributed by atoms with E-state index in [1.54, 1.807) is 11.7 Å². The molecule has 0 fully saturated rings. The molecular weight excluding hydrogens is 356 g/mol. The first-order valence-electron chi connectivity index (χ1n) is 9.37. The maximum absolute atomic E-state index is 13.0. The van der Waals surface area contributed by atoms with Gasteiger partial charge in [0, 0.05) is 32.3 Å². The van der Waals surface area contributed by atoms with E-state index >= 15 is 0 Å². The van der Waals surface area contributed by atoms with Gasteiger partial charge in [-0.15, -0.1) is 0 Å². The fraction of sp³-hybridized carbons (Fsp3) is 0.318. The molecule has 0 aliphatic carbocycles. The van der Waals surface area contributed by atoms with Crippen LogP contribution in [-0.4, -0.2) is 25.1 Å². The summed E-state index contributed by atoms with van der Waals surface area (Å²) in [7, 11) is 1.65. The molecule has 28 heavy (non-hydrogen) atoms. The van der Waals surface area contributed by atoms with Gasteiger partial charge in [0.2, 0.25) is 6.79 Å². The van der Waals surface area contributed by atoms with Crippen molar-refractivity contribution in [1.29, 1.82) is 0 Å². The molecule has 6 nitrogen and oxygen atoms in total. The lowest BCUT2D eigenvalue weighted by molar-refractivity contribution is 0.174. The Morgan fingerprint density at radius 3 is 2.79 bits per heavy atom. The summed E-state index contributed by atoms with van der Waals surface area (Å²) in [5.41, 5.74) is 3.96. The smallest absolute Gasteiger partial charge is 0.255 e. The van der Waals surface area contributed by atoms with Gasteiger partial charge in [0.15, 0.2) is 11.5 Å². The van der Waals surface area contributed by atoms with E-state index in [0.29, 0.717) is 26.2 Å². The normalized spacial score (nSPS) is 12.6. The Morgan fingerprint density at radius 1 is 1.07 bits per heavy atom. The van der Waals surface area contributed by atoms with Crippen molar-refractivity contribution in [3.63, 3.8) is 0 Å². The van der Waals surface area contributed by atoms with Crippen LogP contribution >= 0.6 is 0 Å². The highest BCUT2D eigenvalue weighted by Gasteiger charge is 2.13. The van der Waals surface area contributed by atoms with E-state index in [0.717, 1.165) is 33.5 Å². The lowest BCUT2D eigenvalue weighted by Gasteiger charge is -2.14. The third-order valence-corrected chi connectivity index (χ3v) is 4.92. The molecule has 0 amide bonds. The lowest BCUT2D eigenvalue weighted by atomic mass is 10.1. The van der Waals surface area contributed by atoms with Crippen molar-refractivity contribution in [3.8, 4) is 11.5 Å². The van der Waals surface area contributed by atoms with Gasteiger partial charge in [0.1, 0.15) is 0 Å². The molecular formula is C22H24N2O4. The third-order valence-electron chi connectivity index (χ3n) is 4.92. The monoisotopic (exact) mass is 380 g/mol. The number of aryl methyl sites for hydroxylation is 1. The van der Waals surface area contributed by atoms with E-state index in [2.05, 4.69) is 18.3 Å². The Balaban J connectivity index is 1.55. The van der Waals surface area contributed by atoms with Gasteiger partial charge in [-0.1, -0.05) is 17.7 Å². The molecule has 6 heteroatoms. The van der Waals surface area contributed by atoms with Crippen molar-refractivity contribution >= 4 is 10.9 Å². The molecule has 1 aliphatic heterocycles. The molecule has 2 aromatic carbocycles. The van der Waals surface area contributed by atoms with E-state index in [-0.39, 0.29) is 12.4 Å². The first kappa shape index (κ1) is 18.5.